The van der Waals surface area contributed by atoms with Gasteiger partial charge in [0, 0.05) is 13.2 Å². The van der Waals surface area contributed by atoms with Gasteiger partial charge in [-0.05, 0) is 64.2 Å². The van der Waals surface area contributed by atoms with Gasteiger partial charge >= 0.3 is 0 Å². The SMILES string of the molecule is CC(C)CNCCCCCCN(C)CC1CCCOC1. The van der Waals surface area contributed by atoms with E-state index in [2.05, 4.69) is 31.1 Å². The zero-order chi connectivity index (χ0) is 14.6. The van der Waals surface area contributed by atoms with E-state index in [1.54, 1.807) is 0 Å². The van der Waals surface area contributed by atoms with Crippen molar-refractivity contribution in [3.63, 3.8) is 0 Å². The number of unbranched alkanes of at least 4 members (excludes halogenated alkanes) is 3. The highest BCUT2D eigenvalue weighted by Crippen LogP contribution is 2.14. The molecule has 0 aromatic carbocycles. The van der Waals surface area contributed by atoms with Gasteiger partial charge in [0.15, 0.2) is 0 Å². The summed E-state index contributed by atoms with van der Waals surface area (Å²) < 4.78 is 5.55. The van der Waals surface area contributed by atoms with Gasteiger partial charge in [0.25, 0.3) is 0 Å². The summed E-state index contributed by atoms with van der Waals surface area (Å²) in [6.07, 6.45) is 8.01. The molecule has 1 rings (SSSR count). The maximum absolute atomic E-state index is 5.55. The summed E-state index contributed by atoms with van der Waals surface area (Å²) in [5, 5.41) is 3.51. The van der Waals surface area contributed by atoms with Crippen LogP contribution in [0.3, 0.4) is 0 Å². The van der Waals surface area contributed by atoms with Gasteiger partial charge < -0.3 is 15.0 Å². The predicted molar refractivity (Wildman–Crippen MR) is 87.2 cm³/mol. The first-order valence-electron chi connectivity index (χ1n) is 8.65. The third-order valence-corrected chi connectivity index (χ3v) is 4.02. The van der Waals surface area contributed by atoms with Crippen LogP contribution in [-0.2, 0) is 4.74 Å². The van der Waals surface area contributed by atoms with Crippen molar-refractivity contribution in [1.29, 1.82) is 0 Å². The molecule has 0 aliphatic carbocycles. The van der Waals surface area contributed by atoms with Gasteiger partial charge in [0.1, 0.15) is 0 Å². The second kappa shape index (κ2) is 11.5. The molecule has 1 aliphatic rings. The molecule has 1 atom stereocenters. The van der Waals surface area contributed by atoms with Crippen molar-refractivity contribution in [3.8, 4) is 0 Å². The fraction of sp³-hybridized carbons (Fsp3) is 1.00. The Bertz CT molecular complexity index is 215. The van der Waals surface area contributed by atoms with Crippen molar-refractivity contribution in [3.05, 3.63) is 0 Å². The number of rotatable bonds is 11. The van der Waals surface area contributed by atoms with Crippen molar-refractivity contribution < 1.29 is 4.74 Å². The van der Waals surface area contributed by atoms with Crippen LogP contribution in [0.15, 0.2) is 0 Å². The van der Waals surface area contributed by atoms with Crippen molar-refractivity contribution in [2.75, 3.05) is 46.4 Å². The lowest BCUT2D eigenvalue weighted by Gasteiger charge is -2.27. The Morgan fingerprint density at radius 2 is 2.00 bits per heavy atom. The van der Waals surface area contributed by atoms with E-state index in [0.717, 1.165) is 31.6 Å². The average Bonchev–Trinajstić information content (AvgIpc) is 2.42. The van der Waals surface area contributed by atoms with E-state index < -0.39 is 0 Å². The first kappa shape index (κ1) is 17.9. The summed E-state index contributed by atoms with van der Waals surface area (Å²) in [4.78, 5) is 2.50. The highest BCUT2D eigenvalue weighted by Gasteiger charge is 2.15. The van der Waals surface area contributed by atoms with Crippen LogP contribution in [0.25, 0.3) is 0 Å². The second-order valence-corrected chi connectivity index (χ2v) is 6.86. The summed E-state index contributed by atoms with van der Waals surface area (Å²) >= 11 is 0. The fourth-order valence-electron chi connectivity index (χ4n) is 2.86. The zero-order valence-electron chi connectivity index (χ0n) is 14.0. The molecule has 0 amide bonds. The van der Waals surface area contributed by atoms with Crippen molar-refractivity contribution in [1.82, 2.24) is 10.2 Å². The van der Waals surface area contributed by atoms with Gasteiger partial charge in [0.05, 0.1) is 6.61 Å². The molecule has 0 aromatic heterocycles. The molecule has 0 saturated carbocycles. The van der Waals surface area contributed by atoms with Gasteiger partial charge in [-0.25, -0.2) is 0 Å². The van der Waals surface area contributed by atoms with Gasteiger partial charge in [-0.3, -0.25) is 0 Å². The monoisotopic (exact) mass is 284 g/mol. The highest BCUT2D eigenvalue weighted by molar-refractivity contribution is 4.67. The lowest BCUT2D eigenvalue weighted by Crippen LogP contribution is -2.31. The quantitative estimate of drug-likeness (QED) is 0.590. The highest BCUT2D eigenvalue weighted by atomic mass is 16.5. The van der Waals surface area contributed by atoms with Gasteiger partial charge in [0.2, 0.25) is 0 Å². The number of hydrogen-bond acceptors (Lipinski definition) is 3. The molecular formula is C17H36N2O. The number of nitrogens with one attached hydrogen (secondary N) is 1. The predicted octanol–water partition coefficient (Wildman–Crippen LogP) is 3.15. The Labute approximate surface area is 126 Å². The van der Waals surface area contributed by atoms with Crippen molar-refractivity contribution in [2.24, 2.45) is 11.8 Å². The molecule has 1 unspecified atom stereocenters. The Morgan fingerprint density at radius 3 is 2.70 bits per heavy atom. The van der Waals surface area contributed by atoms with E-state index in [1.165, 1.54) is 58.2 Å². The summed E-state index contributed by atoms with van der Waals surface area (Å²) in [5.41, 5.74) is 0. The Balaban J connectivity index is 1.85. The molecule has 0 radical (unpaired) electrons. The molecule has 0 spiro atoms. The molecule has 1 heterocycles. The van der Waals surface area contributed by atoms with E-state index in [-0.39, 0.29) is 0 Å². The summed E-state index contributed by atoms with van der Waals surface area (Å²) in [5.74, 6) is 1.54. The van der Waals surface area contributed by atoms with Gasteiger partial charge in [-0.2, -0.15) is 0 Å². The summed E-state index contributed by atoms with van der Waals surface area (Å²) in [7, 11) is 2.26. The van der Waals surface area contributed by atoms with E-state index in [4.69, 9.17) is 4.74 Å². The van der Waals surface area contributed by atoms with Crippen LogP contribution in [0, 0.1) is 11.8 Å². The van der Waals surface area contributed by atoms with Crippen LogP contribution in [0.1, 0.15) is 52.4 Å². The molecule has 3 nitrogen and oxygen atoms in total. The van der Waals surface area contributed by atoms with E-state index >= 15 is 0 Å². The Hall–Kier alpha value is -0.120. The van der Waals surface area contributed by atoms with Crippen molar-refractivity contribution >= 4 is 0 Å². The normalized spacial score (nSPS) is 19.9. The number of nitrogens with zero attached hydrogens (tertiary/aromatic N) is 1. The Morgan fingerprint density at radius 1 is 1.20 bits per heavy atom. The average molecular weight is 284 g/mol. The molecule has 20 heavy (non-hydrogen) atoms. The smallest absolute Gasteiger partial charge is 0.0506 e. The molecule has 120 valence electrons. The van der Waals surface area contributed by atoms with E-state index in [9.17, 15) is 0 Å². The third-order valence-electron chi connectivity index (χ3n) is 4.02. The van der Waals surface area contributed by atoms with E-state index in [0.29, 0.717) is 0 Å². The largest absolute Gasteiger partial charge is 0.381 e. The molecule has 0 bridgehead atoms. The second-order valence-electron chi connectivity index (χ2n) is 6.86. The Kier molecular flexibility index (Phi) is 10.3. The minimum Gasteiger partial charge on any atom is -0.381 e. The molecule has 1 N–H and O–H groups in total. The number of ether oxygens (including phenoxy) is 1. The topological polar surface area (TPSA) is 24.5 Å². The fourth-order valence-corrected chi connectivity index (χ4v) is 2.86. The van der Waals surface area contributed by atoms with E-state index in [1.807, 2.05) is 0 Å². The van der Waals surface area contributed by atoms with Crippen LogP contribution < -0.4 is 5.32 Å². The van der Waals surface area contributed by atoms with Crippen LogP contribution in [0.2, 0.25) is 0 Å². The van der Waals surface area contributed by atoms with Crippen LogP contribution in [0.4, 0.5) is 0 Å². The summed E-state index contributed by atoms with van der Waals surface area (Å²) in [6.45, 7) is 11.3. The van der Waals surface area contributed by atoms with Crippen LogP contribution in [-0.4, -0.2) is 51.3 Å². The van der Waals surface area contributed by atoms with Crippen LogP contribution >= 0.6 is 0 Å². The lowest BCUT2D eigenvalue weighted by atomic mass is 10.0. The number of hydrogen-bond donors (Lipinski definition) is 1. The first-order chi connectivity index (χ1) is 9.68. The first-order valence-corrected chi connectivity index (χ1v) is 8.65. The molecule has 0 aromatic rings. The van der Waals surface area contributed by atoms with Crippen LogP contribution in [0.5, 0.6) is 0 Å². The minimum absolute atomic E-state index is 0.771. The maximum atomic E-state index is 5.55. The molecule has 1 aliphatic heterocycles. The lowest BCUT2D eigenvalue weighted by molar-refractivity contribution is 0.0419. The maximum Gasteiger partial charge on any atom is 0.0506 e. The molecular weight excluding hydrogens is 248 g/mol. The molecule has 1 saturated heterocycles. The zero-order valence-corrected chi connectivity index (χ0v) is 14.0. The summed E-state index contributed by atoms with van der Waals surface area (Å²) in [6, 6.07) is 0. The standard InChI is InChI=1S/C17H36N2O/c1-16(2)13-18-10-6-4-5-7-11-19(3)14-17-9-8-12-20-15-17/h16-18H,4-15H2,1-3H3. The van der Waals surface area contributed by atoms with Gasteiger partial charge in [-0.1, -0.05) is 26.7 Å². The van der Waals surface area contributed by atoms with Gasteiger partial charge in [-0.15, -0.1) is 0 Å². The van der Waals surface area contributed by atoms with Crippen molar-refractivity contribution in [2.45, 2.75) is 52.4 Å². The molecule has 3 heteroatoms. The molecule has 1 fully saturated rings. The third kappa shape index (κ3) is 9.73. The minimum atomic E-state index is 0.771.